The Bertz CT molecular complexity index is 446. The Labute approximate surface area is 111 Å². The third kappa shape index (κ3) is 2.39. The number of aromatic carboxylic acids is 1. The first-order valence-corrected chi connectivity index (χ1v) is 7.53. The van der Waals surface area contributed by atoms with Gasteiger partial charge in [0.25, 0.3) is 0 Å². The van der Waals surface area contributed by atoms with Crippen LogP contribution in [0.15, 0.2) is 23.4 Å². The highest BCUT2D eigenvalue weighted by Crippen LogP contribution is 2.49. The second-order valence-corrected chi connectivity index (χ2v) is 6.48. The SMILES string of the molecule is O=C(O)c1ccc(SCC2CC3CCC2C3)nc1. The van der Waals surface area contributed by atoms with Gasteiger partial charge in [0.15, 0.2) is 0 Å². The first kappa shape index (κ1) is 12.0. The van der Waals surface area contributed by atoms with Gasteiger partial charge in [-0.3, -0.25) is 0 Å². The zero-order valence-electron chi connectivity index (χ0n) is 10.2. The summed E-state index contributed by atoms with van der Waals surface area (Å²) in [5, 5.41) is 9.75. The Morgan fingerprint density at radius 3 is 2.83 bits per heavy atom. The zero-order chi connectivity index (χ0) is 12.5. The first-order valence-electron chi connectivity index (χ1n) is 6.54. The predicted octanol–water partition coefficient (Wildman–Crippen LogP) is 3.31. The van der Waals surface area contributed by atoms with Crippen LogP contribution in [0.1, 0.15) is 36.0 Å². The Hall–Kier alpha value is -1.03. The highest BCUT2D eigenvalue weighted by Gasteiger charge is 2.39. The molecule has 0 saturated heterocycles. The smallest absolute Gasteiger partial charge is 0.337 e. The molecule has 2 fully saturated rings. The molecule has 0 aromatic carbocycles. The molecule has 1 heterocycles. The summed E-state index contributed by atoms with van der Waals surface area (Å²) in [6.07, 6.45) is 7.14. The van der Waals surface area contributed by atoms with Gasteiger partial charge in [0, 0.05) is 11.9 Å². The van der Waals surface area contributed by atoms with Crippen molar-refractivity contribution in [3.8, 4) is 0 Å². The number of pyridine rings is 1. The van der Waals surface area contributed by atoms with Crippen LogP contribution in [-0.2, 0) is 0 Å². The topological polar surface area (TPSA) is 50.2 Å². The molecule has 1 aromatic heterocycles. The first-order chi connectivity index (χ1) is 8.72. The van der Waals surface area contributed by atoms with Gasteiger partial charge in [-0.2, -0.15) is 0 Å². The van der Waals surface area contributed by atoms with Gasteiger partial charge in [-0.05, 0) is 49.1 Å². The van der Waals surface area contributed by atoms with Crippen molar-refractivity contribution in [3.63, 3.8) is 0 Å². The van der Waals surface area contributed by atoms with Crippen molar-refractivity contribution in [3.05, 3.63) is 23.9 Å². The van der Waals surface area contributed by atoms with Crippen LogP contribution in [-0.4, -0.2) is 21.8 Å². The third-order valence-electron chi connectivity index (χ3n) is 4.31. The van der Waals surface area contributed by atoms with Gasteiger partial charge in [0.2, 0.25) is 0 Å². The van der Waals surface area contributed by atoms with Crippen LogP contribution >= 0.6 is 11.8 Å². The van der Waals surface area contributed by atoms with E-state index in [4.69, 9.17) is 5.11 Å². The van der Waals surface area contributed by atoms with Crippen LogP contribution in [0.4, 0.5) is 0 Å². The minimum Gasteiger partial charge on any atom is -0.478 e. The maximum absolute atomic E-state index is 10.7. The number of hydrogen-bond acceptors (Lipinski definition) is 3. The molecular weight excluding hydrogens is 246 g/mol. The molecule has 0 spiro atoms. The van der Waals surface area contributed by atoms with E-state index in [9.17, 15) is 4.79 Å². The lowest BCUT2D eigenvalue weighted by atomic mass is 9.90. The predicted molar refractivity (Wildman–Crippen MR) is 70.9 cm³/mol. The molecule has 2 aliphatic carbocycles. The van der Waals surface area contributed by atoms with E-state index < -0.39 is 5.97 Å². The highest BCUT2D eigenvalue weighted by molar-refractivity contribution is 7.99. The Morgan fingerprint density at radius 2 is 2.28 bits per heavy atom. The van der Waals surface area contributed by atoms with E-state index in [2.05, 4.69) is 4.98 Å². The summed E-state index contributed by atoms with van der Waals surface area (Å²) in [6.45, 7) is 0. The van der Waals surface area contributed by atoms with E-state index in [1.807, 2.05) is 6.07 Å². The lowest BCUT2D eigenvalue weighted by molar-refractivity contribution is 0.0696. The number of nitrogens with zero attached hydrogens (tertiary/aromatic N) is 1. The molecule has 2 bridgehead atoms. The van der Waals surface area contributed by atoms with Gasteiger partial charge in [-0.25, -0.2) is 9.78 Å². The number of rotatable bonds is 4. The molecule has 2 saturated carbocycles. The molecule has 3 atom stereocenters. The standard InChI is InChI=1S/C14H17NO2S/c16-14(17)11-3-4-13(15-7-11)18-8-12-6-9-1-2-10(12)5-9/h3-4,7,9-10,12H,1-2,5-6,8H2,(H,16,17). The summed E-state index contributed by atoms with van der Waals surface area (Å²) in [4.78, 5) is 14.9. The molecule has 4 heteroatoms. The fourth-order valence-corrected chi connectivity index (χ4v) is 4.45. The maximum atomic E-state index is 10.7. The van der Waals surface area contributed by atoms with Crippen molar-refractivity contribution < 1.29 is 9.90 Å². The average Bonchev–Trinajstić information content (AvgIpc) is 2.99. The summed E-state index contributed by atoms with van der Waals surface area (Å²) in [6, 6.07) is 3.46. The Balaban J connectivity index is 1.55. The summed E-state index contributed by atoms with van der Waals surface area (Å²) in [5.41, 5.74) is 0.263. The van der Waals surface area contributed by atoms with Crippen LogP contribution in [0.3, 0.4) is 0 Å². The molecule has 3 unspecified atom stereocenters. The molecule has 2 aliphatic rings. The van der Waals surface area contributed by atoms with Crippen molar-refractivity contribution in [1.29, 1.82) is 0 Å². The second kappa shape index (κ2) is 4.92. The number of hydrogen-bond donors (Lipinski definition) is 1. The highest BCUT2D eigenvalue weighted by atomic mass is 32.2. The van der Waals surface area contributed by atoms with Gasteiger partial charge >= 0.3 is 5.97 Å². The van der Waals surface area contributed by atoms with E-state index >= 15 is 0 Å². The van der Waals surface area contributed by atoms with Crippen LogP contribution < -0.4 is 0 Å². The van der Waals surface area contributed by atoms with Gasteiger partial charge in [0.05, 0.1) is 10.6 Å². The minimum absolute atomic E-state index is 0.263. The molecular formula is C14H17NO2S. The summed E-state index contributed by atoms with van der Waals surface area (Å²) < 4.78 is 0. The Kier molecular flexibility index (Phi) is 3.29. The van der Waals surface area contributed by atoms with E-state index in [1.54, 1.807) is 17.8 Å². The normalized spacial score (nSPS) is 29.7. The van der Waals surface area contributed by atoms with Crippen LogP contribution in [0.25, 0.3) is 0 Å². The largest absolute Gasteiger partial charge is 0.478 e. The maximum Gasteiger partial charge on any atom is 0.337 e. The molecule has 1 N–H and O–H groups in total. The Morgan fingerprint density at radius 1 is 1.39 bits per heavy atom. The number of fused-ring (bicyclic) bond motifs is 2. The molecule has 96 valence electrons. The van der Waals surface area contributed by atoms with Crippen molar-refractivity contribution in [1.82, 2.24) is 4.98 Å². The van der Waals surface area contributed by atoms with E-state index in [1.165, 1.54) is 31.9 Å². The third-order valence-corrected chi connectivity index (χ3v) is 5.45. The van der Waals surface area contributed by atoms with Crippen LogP contribution in [0.5, 0.6) is 0 Å². The summed E-state index contributed by atoms with van der Waals surface area (Å²) >= 11 is 1.77. The van der Waals surface area contributed by atoms with Crippen molar-refractivity contribution in [2.45, 2.75) is 30.7 Å². The quantitative estimate of drug-likeness (QED) is 0.847. The molecule has 0 radical (unpaired) electrons. The van der Waals surface area contributed by atoms with Crippen LogP contribution in [0.2, 0.25) is 0 Å². The average molecular weight is 263 g/mol. The van der Waals surface area contributed by atoms with E-state index in [0.717, 1.165) is 28.5 Å². The number of carboxylic acid groups (broad SMARTS) is 1. The summed E-state index contributed by atoms with van der Waals surface area (Å²) in [7, 11) is 0. The molecule has 3 rings (SSSR count). The number of aromatic nitrogens is 1. The second-order valence-electron chi connectivity index (χ2n) is 5.44. The molecule has 1 aromatic rings. The molecule has 0 aliphatic heterocycles. The lowest BCUT2D eigenvalue weighted by Crippen LogP contribution is -2.12. The van der Waals surface area contributed by atoms with Crippen molar-refractivity contribution >= 4 is 17.7 Å². The van der Waals surface area contributed by atoms with Gasteiger partial charge in [0.1, 0.15) is 0 Å². The number of thioether (sulfide) groups is 1. The monoisotopic (exact) mass is 263 g/mol. The number of carboxylic acids is 1. The van der Waals surface area contributed by atoms with Gasteiger partial charge in [-0.1, -0.05) is 6.42 Å². The fourth-order valence-electron chi connectivity index (χ4n) is 3.37. The molecule has 18 heavy (non-hydrogen) atoms. The molecule has 3 nitrogen and oxygen atoms in total. The van der Waals surface area contributed by atoms with Crippen molar-refractivity contribution in [2.24, 2.45) is 17.8 Å². The van der Waals surface area contributed by atoms with Gasteiger partial charge < -0.3 is 5.11 Å². The zero-order valence-corrected chi connectivity index (χ0v) is 11.0. The minimum atomic E-state index is -0.910. The number of carbonyl (C=O) groups is 1. The fraction of sp³-hybridized carbons (Fsp3) is 0.571. The van der Waals surface area contributed by atoms with E-state index in [0.29, 0.717) is 0 Å². The molecule has 0 amide bonds. The van der Waals surface area contributed by atoms with Crippen molar-refractivity contribution in [2.75, 3.05) is 5.75 Å². The van der Waals surface area contributed by atoms with Gasteiger partial charge in [-0.15, -0.1) is 11.8 Å². The van der Waals surface area contributed by atoms with Crippen LogP contribution in [0, 0.1) is 17.8 Å². The lowest BCUT2D eigenvalue weighted by Gasteiger charge is -2.20. The summed E-state index contributed by atoms with van der Waals surface area (Å²) in [5.74, 6) is 3.02. The van der Waals surface area contributed by atoms with E-state index in [-0.39, 0.29) is 5.56 Å².